The van der Waals surface area contributed by atoms with Crippen molar-refractivity contribution in [3.63, 3.8) is 0 Å². The molecule has 0 bridgehead atoms. The molecule has 1 saturated heterocycles. The van der Waals surface area contributed by atoms with E-state index >= 15 is 0 Å². The van der Waals surface area contributed by atoms with Crippen LogP contribution in [0.15, 0.2) is 30.3 Å². The van der Waals surface area contributed by atoms with Gasteiger partial charge in [0.2, 0.25) is 10.0 Å². The Morgan fingerprint density at radius 1 is 1.20 bits per heavy atom. The molecule has 1 heterocycles. The second kappa shape index (κ2) is 6.67. The normalized spacial score (nSPS) is 18.9. The van der Waals surface area contributed by atoms with Gasteiger partial charge in [-0.1, -0.05) is 30.3 Å². The summed E-state index contributed by atoms with van der Waals surface area (Å²) in [6.45, 7) is 3.48. The Morgan fingerprint density at radius 2 is 1.85 bits per heavy atom. The summed E-state index contributed by atoms with van der Waals surface area (Å²) in [5, 5.41) is 0. The first-order chi connectivity index (χ1) is 9.49. The Labute approximate surface area is 120 Å². The third-order valence-electron chi connectivity index (χ3n) is 3.20. The summed E-state index contributed by atoms with van der Waals surface area (Å²) in [6.07, 6.45) is 1.39. The van der Waals surface area contributed by atoms with Gasteiger partial charge >= 0.3 is 0 Å². The molecule has 1 aromatic rings. The average Bonchev–Trinajstić information content (AvgIpc) is 2.39. The topological polar surface area (TPSA) is 64.6 Å². The maximum absolute atomic E-state index is 12.0. The van der Waals surface area contributed by atoms with E-state index in [1.54, 1.807) is 12.1 Å². The summed E-state index contributed by atoms with van der Waals surface area (Å²) < 4.78 is 37.6. The SMILES string of the molecule is CC1(CCNS(=O)(=O)Cc2ccccc2)OCCCO1. The highest BCUT2D eigenvalue weighted by Crippen LogP contribution is 2.21. The molecular weight excluding hydrogens is 278 g/mol. The van der Waals surface area contributed by atoms with E-state index in [1.165, 1.54) is 0 Å². The number of hydrogen-bond acceptors (Lipinski definition) is 4. The number of ether oxygens (including phenoxy) is 2. The fraction of sp³-hybridized carbons (Fsp3) is 0.571. The van der Waals surface area contributed by atoms with Gasteiger partial charge in [0.05, 0.1) is 19.0 Å². The van der Waals surface area contributed by atoms with Crippen molar-refractivity contribution >= 4 is 10.0 Å². The van der Waals surface area contributed by atoms with Gasteiger partial charge in [-0.15, -0.1) is 0 Å². The molecule has 1 fully saturated rings. The van der Waals surface area contributed by atoms with Crippen LogP contribution in [0, 0.1) is 0 Å². The van der Waals surface area contributed by atoms with Crippen LogP contribution in [-0.2, 0) is 25.2 Å². The van der Waals surface area contributed by atoms with Crippen LogP contribution in [0.2, 0.25) is 0 Å². The fourth-order valence-corrected chi connectivity index (χ4v) is 3.25. The Hall–Kier alpha value is -0.950. The van der Waals surface area contributed by atoms with Crippen LogP contribution in [0.5, 0.6) is 0 Å². The first kappa shape index (κ1) is 15.4. The quantitative estimate of drug-likeness (QED) is 0.867. The molecule has 6 heteroatoms. The molecule has 5 nitrogen and oxygen atoms in total. The standard InChI is InChI=1S/C14H21NO4S/c1-14(18-10-5-11-19-14)8-9-15-20(16,17)12-13-6-3-2-4-7-13/h2-4,6-7,15H,5,8-12H2,1H3. The van der Waals surface area contributed by atoms with Crippen LogP contribution in [0.25, 0.3) is 0 Å². The van der Waals surface area contributed by atoms with Crippen molar-refractivity contribution in [2.75, 3.05) is 19.8 Å². The van der Waals surface area contributed by atoms with Gasteiger partial charge in [-0.05, 0) is 18.9 Å². The molecule has 112 valence electrons. The van der Waals surface area contributed by atoms with E-state index in [0.29, 0.717) is 26.2 Å². The predicted molar refractivity (Wildman–Crippen MR) is 76.6 cm³/mol. The molecule has 0 atom stereocenters. The molecule has 0 saturated carbocycles. The van der Waals surface area contributed by atoms with Crippen molar-refractivity contribution in [1.82, 2.24) is 4.72 Å². The van der Waals surface area contributed by atoms with Gasteiger partial charge in [-0.25, -0.2) is 13.1 Å². The van der Waals surface area contributed by atoms with Crippen LogP contribution < -0.4 is 4.72 Å². The van der Waals surface area contributed by atoms with E-state index in [1.807, 2.05) is 25.1 Å². The largest absolute Gasteiger partial charge is 0.350 e. The van der Waals surface area contributed by atoms with Crippen LogP contribution in [0.3, 0.4) is 0 Å². The summed E-state index contributed by atoms with van der Waals surface area (Å²) in [7, 11) is -3.32. The van der Waals surface area contributed by atoms with Crippen LogP contribution in [0.4, 0.5) is 0 Å². The zero-order valence-electron chi connectivity index (χ0n) is 11.7. The first-order valence-electron chi connectivity index (χ1n) is 6.78. The molecule has 2 rings (SSSR count). The Balaban J connectivity index is 1.80. The van der Waals surface area contributed by atoms with Gasteiger partial charge in [-0.2, -0.15) is 0 Å². The number of rotatable bonds is 6. The van der Waals surface area contributed by atoms with Crippen molar-refractivity contribution in [3.8, 4) is 0 Å². The Bertz CT molecular complexity index is 509. The molecule has 0 aliphatic carbocycles. The summed E-state index contributed by atoms with van der Waals surface area (Å²) in [4.78, 5) is 0. The van der Waals surface area contributed by atoms with Gasteiger partial charge in [0.1, 0.15) is 0 Å². The summed E-state index contributed by atoms with van der Waals surface area (Å²) >= 11 is 0. The Kier molecular flexibility index (Phi) is 5.15. The van der Waals surface area contributed by atoms with Crippen molar-refractivity contribution in [2.24, 2.45) is 0 Å². The molecule has 0 unspecified atom stereocenters. The maximum Gasteiger partial charge on any atom is 0.215 e. The first-order valence-corrected chi connectivity index (χ1v) is 8.44. The zero-order valence-corrected chi connectivity index (χ0v) is 12.5. The van der Waals surface area contributed by atoms with Crippen molar-refractivity contribution < 1.29 is 17.9 Å². The lowest BCUT2D eigenvalue weighted by molar-refractivity contribution is -0.257. The molecule has 1 aliphatic heterocycles. The summed E-state index contributed by atoms with van der Waals surface area (Å²) in [5.74, 6) is -0.681. The van der Waals surface area contributed by atoms with Gasteiger partial charge < -0.3 is 9.47 Å². The van der Waals surface area contributed by atoms with E-state index in [0.717, 1.165) is 12.0 Å². The van der Waals surface area contributed by atoms with Crippen LogP contribution in [0.1, 0.15) is 25.3 Å². The van der Waals surface area contributed by atoms with Gasteiger partial charge in [0.25, 0.3) is 0 Å². The molecule has 1 aromatic carbocycles. The minimum Gasteiger partial charge on any atom is -0.350 e. The lowest BCUT2D eigenvalue weighted by Crippen LogP contribution is -2.41. The molecule has 0 amide bonds. The molecule has 0 spiro atoms. The second-order valence-corrected chi connectivity index (χ2v) is 6.88. The fourth-order valence-electron chi connectivity index (χ4n) is 2.10. The molecular formula is C14H21NO4S. The second-order valence-electron chi connectivity index (χ2n) is 5.07. The number of nitrogens with one attached hydrogen (secondary N) is 1. The number of hydrogen-bond donors (Lipinski definition) is 1. The molecule has 1 N–H and O–H groups in total. The highest BCUT2D eigenvalue weighted by molar-refractivity contribution is 7.88. The van der Waals surface area contributed by atoms with Gasteiger partial charge in [-0.3, -0.25) is 0 Å². The minimum absolute atomic E-state index is 0.00767. The highest BCUT2D eigenvalue weighted by atomic mass is 32.2. The third kappa shape index (κ3) is 4.86. The van der Waals surface area contributed by atoms with Crippen LogP contribution in [-0.4, -0.2) is 34.0 Å². The Morgan fingerprint density at radius 3 is 2.50 bits per heavy atom. The van der Waals surface area contributed by atoms with E-state index in [-0.39, 0.29) is 5.75 Å². The predicted octanol–water partition coefficient (Wildman–Crippen LogP) is 1.65. The summed E-state index contributed by atoms with van der Waals surface area (Å²) in [6, 6.07) is 9.12. The van der Waals surface area contributed by atoms with E-state index in [2.05, 4.69) is 4.72 Å². The molecule has 0 aromatic heterocycles. The minimum atomic E-state index is -3.32. The highest BCUT2D eigenvalue weighted by Gasteiger charge is 2.28. The van der Waals surface area contributed by atoms with E-state index in [4.69, 9.17) is 9.47 Å². The van der Waals surface area contributed by atoms with Crippen molar-refractivity contribution in [1.29, 1.82) is 0 Å². The lowest BCUT2D eigenvalue weighted by Gasteiger charge is -2.33. The van der Waals surface area contributed by atoms with Crippen LogP contribution >= 0.6 is 0 Å². The third-order valence-corrected chi connectivity index (χ3v) is 4.56. The number of sulfonamides is 1. The molecule has 20 heavy (non-hydrogen) atoms. The smallest absolute Gasteiger partial charge is 0.215 e. The van der Waals surface area contributed by atoms with Gasteiger partial charge in [0.15, 0.2) is 5.79 Å². The van der Waals surface area contributed by atoms with E-state index < -0.39 is 15.8 Å². The van der Waals surface area contributed by atoms with E-state index in [9.17, 15) is 8.42 Å². The molecule has 1 aliphatic rings. The van der Waals surface area contributed by atoms with Crippen molar-refractivity contribution in [2.45, 2.75) is 31.3 Å². The maximum atomic E-state index is 12.0. The van der Waals surface area contributed by atoms with Crippen molar-refractivity contribution in [3.05, 3.63) is 35.9 Å². The van der Waals surface area contributed by atoms with Gasteiger partial charge in [0, 0.05) is 13.0 Å². The number of benzene rings is 1. The lowest BCUT2D eigenvalue weighted by atomic mass is 10.2. The summed E-state index contributed by atoms with van der Waals surface area (Å²) in [5.41, 5.74) is 0.774. The monoisotopic (exact) mass is 299 g/mol. The zero-order chi connectivity index (χ0) is 14.5. The molecule has 0 radical (unpaired) electrons. The average molecular weight is 299 g/mol.